The third-order valence-electron chi connectivity index (χ3n) is 9.00. The Morgan fingerprint density at radius 2 is 1.76 bits per heavy atom. The van der Waals surface area contributed by atoms with Crippen LogP contribution in [0.4, 0.5) is 0 Å². The SMILES string of the molecule is Cc1cc2c(oc3ccccc32)c(C2=C(CC(C)C)c3cc(C4CCCC4)cc4cc[n+](C)c2c34)c1C. The van der Waals surface area contributed by atoms with E-state index in [1.807, 2.05) is 0 Å². The summed E-state index contributed by atoms with van der Waals surface area (Å²) in [6, 6.07) is 18.2. The fourth-order valence-corrected chi connectivity index (χ4v) is 7.12. The summed E-state index contributed by atoms with van der Waals surface area (Å²) in [6.45, 7) is 9.24. The van der Waals surface area contributed by atoms with Crippen LogP contribution in [-0.4, -0.2) is 0 Å². The van der Waals surface area contributed by atoms with E-state index in [0.29, 0.717) is 11.8 Å². The molecule has 0 saturated heterocycles. The number of benzene rings is 3. The first-order valence-corrected chi connectivity index (χ1v) is 14.0. The van der Waals surface area contributed by atoms with Crippen molar-refractivity contribution in [3.05, 3.63) is 88.2 Å². The van der Waals surface area contributed by atoms with Crippen LogP contribution < -0.4 is 4.57 Å². The number of hydrogen-bond donors (Lipinski definition) is 0. The van der Waals surface area contributed by atoms with Crippen molar-refractivity contribution in [1.82, 2.24) is 0 Å². The van der Waals surface area contributed by atoms with Crippen LogP contribution >= 0.6 is 0 Å². The molecule has 0 aliphatic heterocycles. The molecule has 0 bridgehead atoms. The molecule has 2 heteroatoms. The molecule has 0 N–H and O–H groups in total. The van der Waals surface area contributed by atoms with Gasteiger partial charge in [0, 0.05) is 22.4 Å². The van der Waals surface area contributed by atoms with Gasteiger partial charge in [0.25, 0.3) is 0 Å². The third-order valence-corrected chi connectivity index (χ3v) is 9.00. The lowest BCUT2D eigenvalue weighted by Crippen LogP contribution is -2.32. The Kier molecular flexibility index (Phi) is 5.12. The highest BCUT2D eigenvalue weighted by atomic mass is 16.3. The third kappa shape index (κ3) is 3.34. The van der Waals surface area contributed by atoms with Gasteiger partial charge < -0.3 is 4.42 Å². The average molecular weight is 487 g/mol. The van der Waals surface area contributed by atoms with Gasteiger partial charge in [-0.15, -0.1) is 0 Å². The summed E-state index contributed by atoms with van der Waals surface area (Å²) in [5.74, 6) is 1.26. The van der Waals surface area contributed by atoms with E-state index in [-0.39, 0.29) is 0 Å². The Morgan fingerprint density at radius 3 is 2.54 bits per heavy atom. The molecule has 37 heavy (non-hydrogen) atoms. The molecule has 1 fully saturated rings. The minimum Gasteiger partial charge on any atom is -0.455 e. The van der Waals surface area contributed by atoms with Gasteiger partial charge in [0.1, 0.15) is 18.2 Å². The Bertz CT molecular complexity index is 1760. The highest BCUT2D eigenvalue weighted by Crippen LogP contribution is 2.51. The second-order valence-corrected chi connectivity index (χ2v) is 11.9. The van der Waals surface area contributed by atoms with Crippen molar-refractivity contribution in [2.24, 2.45) is 13.0 Å². The van der Waals surface area contributed by atoms with E-state index in [1.165, 1.54) is 91.9 Å². The number of furan rings is 1. The highest BCUT2D eigenvalue weighted by Gasteiger charge is 2.36. The van der Waals surface area contributed by atoms with E-state index >= 15 is 0 Å². The van der Waals surface area contributed by atoms with E-state index < -0.39 is 0 Å². The molecule has 0 spiro atoms. The van der Waals surface area contributed by atoms with Crippen LogP contribution in [0, 0.1) is 19.8 Å². The molecule has 0 atom stereocenters. The van der Waals surface area contributed by atoms with Crippen molar-refractivity contribution in [1.29, 1.82) is 0 Å². The van der Waals surface area contributed by atoms with Crippen LogP contribution in [-0.2, 0) is 7.05 Å². The maximum Gasteiger partial charge on any atom is 0.221 e. The van der Waals surface area contributed by atoms with Crippen LogP contribution in [0.5, 0.6) is 0 Å². The Balaban J connectivity index is 1.61. The molecule has 186 valence electrons. The van der Waals surface area contributed by atoms with Gasteiger partial charge >= 0.3 is 0 Å². The Labute approximate surface area is 219 Å². The van der Waals surface area contributed by atoms with Crippen molar-refractivity contribution < 1.29 is 8.98 Å². The predicted molar refractivity (Wildman–Crippen MR) is 155 cm³/mol. The topological polar surface area (TPSA) is 17.0 Å². The summed E-state index contributed by atoms with van der Waals surface area (Å²) < 4.78 is 9.03. The zero-order chi connectivity index (χ0) is 25.4. The first-order valence-electron chi connectivity index (χ1n) is 14.0. The molecule has 2 aromatic heterocycles. The lowest BCUT2D eigenvalue weighted by molar-refractivity contribution is -0.672. The highest BCUT2D eigenvalue weighted by molar-refractivity contribution is 6.20. The second kappa shape index (κ2) is 8.31. The molecule has 2 heterocycles. The van der Waals surface area contributed by atoms with Gasteiger partial charge in [-0.3, -0.25) is 0 Å². The molecule has 2 nitrogen and oxygen atoms in total. The molecule has 1 saturated carbocycles. The lowest BCUT2D eigenvalue weighted by Gasteiger charge is -2.16. The number of nitrogens with zero attached hydrogens (tertiary/aromatic N) is 1. The Morgan fingerprint density at radius 1 is 0.973 bits per heavy atom. The van der Waals surface area contributed by atoms with Crippen molar-refractivity contribution in [2.45, 2.75) is 65.7 Å². The minimum absolute atomic E-state index is 0.561. The number of pyridine rings is 1. The number of para-hydroxylation sites is 1. The van der Waals surface area contributed by atoms with Gasteiger partial charge in [-0.1, -0.05) is 57.0 Å². The van der Waals surface area contributed by atoms with Crippen molar-refractivity contribution >= 4 is 43.9 Å². The van der Waals surface area contributed by atoms with Gasteiger partial charge in [0.05, 0.1) is 11.0 Å². The summed E-state index contributed by atoms with van der Waals surface area (Å²) in [4.78, 5) is 0. The molecular formula is C35H36NO+. The number of aromatic nitrogens is 1. The summed E-state index contributed by atoms with van der Waals surface area (Å²) >= 11 is 0. The van der Waals surface area contributed by atoms with E-state index in [9.17, 15) is 0 Å². The van der Waals surface area contributed by atoms with Crippen molar-refractivity contribution in [2.75, 3.05) is 0 Å². The molecule has 7 rings (SSSR count). The van der Waals surface area contributed by atoms with Crippen LogP contribution in [0.3, 0.4) is 0 Å². The maximum atomic E-state index is 6.68. The quantitative estimate of drug-likeness (QED) is 0.231. The first-order chi connectivity index (χ1) is 17.9. The number of hydrogen-bond acceptors (Lipinski definition) is 1. The number of allylic oxidation sites excluding steroid dienone is 1. The van der Waals surface area contributed by atoms with E-state index in [2.05, 4.69) is 94.0 Å². The number of aryl methyl sites for hydroxylation is 2. The van der Waals surface area contributed by atoms with E-state index in [4.69, 9.17) is 4.42 Å². The number of rotatable bonds is 4. The van der Waals surface area contributed by atoms with Crippen molar-refractivity contribution in [3.63, 3.8) is 0 Å². The maximum absolute atomic E-state index is 6.68. The fourth-order valence-electron chi connectivity index (χ4n) is 7.12. The molecule has 0 amide bonds. The van der Waals surface area contributed by atoms with Crippen LogP contribution in [0.15, 0.2) is 59.1 Å². The standard InChI is InChI=1S/C35H36NO/c1-20(2)16-27-28-19-25(23-10-6-7-11-23)18-24-14-15-36(5)34(32(24)28)33(27)31-22(4)21(3)17-29-26-12-8-9-13-30(26)37-35(29)31/h8-9,12-15,17-20,23H,6-7,10-11,16H2,1-5H3/q+1. The number of fused-ring (bicyclic) bond motifs is 3. The fraction of sp³-hybridized carbons (Fsp3) is 0.343. The van der Waals surface area contributed by atoms with Gasteiger partial charge in [-0.25, -0.2) is 4.57 Å². The molecule has 2 aliphatic rings. The first kappa shape index (κ1) is 22.8. The summed E-state index contributed by atoms with van der Waals surface area (Å²) in [6.07, 6.45) is 8.69. The molecule has 2 aliphatic carbocycles. The normalized spacial score (nSPS) is 15.9. The van der Waals surface area contributed by atoms with Gasteiger partial charge in [-0.05, 0) is 90.3 Å². The zero-order valence-electron chi connectivity index (χ0n) is 22.7. The van der Waals surface area contributed by atoms with Crippen LogP contribution in [0.1, 0.15) is 85.4 Å². The van der Waals surface area contributed by atoms with E-state index in [1.54, 1.807) is 0 Å². The Hall–Kier alpha value is -3.39. The van der Waals surface area contributed by atoms with E-state index in [0.717, 1.165) is 17.6 Å². The summed E-state index contributed by atoms with van der Waals surface area (Å²) in [7, 11) is 2.21. The molecule has 0 radical (unpaired) electrons. The largest absolute Gasteiger partial charge is 0.455 e. The molecule has 0 unspecified atom stereocenters. The lowest BCUT2D eigenvalue weighted by atomic mass is 9.87. The van der Waals surface area contributed by atoms with Crippen molar-refractivity contribution in [3.8, 4) is 0 Å². The smallest absolute Gasteiger partial charge is 0.221 e. The van der Waals surface area contributed by atoms with Gasteiger partial charge in [0.15, 0.2) is 6.20 Å². The van der Waals surface area contributed by atoms with Gasteiger partial charge in [-0.2, -0.15) is 0 Å². The minimum atomic E-state index is 0.561. The monoisotopic (exact) mass is 486 g/mol. The zero-order valence-corrected chi connectivity index (χ0v) is 22.7. The predicted octanol–water partition coefficient (Wildman–Crippen LogP) is 9.16. The van der Waals surface area contributed by atoms with Gasteiger partial charge in [0.2, 0.25) is 5.69 Å². The second-order valence-electron chi connectivity index (χ2n) is 11.9. The van der Waals surface area contributed by atoms with Crippen LogP contribution in [0.25, 0.3) is 43.9 Å². The molecular weight excluding hydrogens is 450 g/mol. The summed E-state index contributed by atoms with van der Waals surface area (Å²) in [5, 5.41) is 5.23. The average Bonchev–Trinajstić information content (AvgIpc) is 3.60. The summed E-state index contributed by atoms with van der Waals surface area (Å²) in [5.41, 5.74) is 13.1. The van der Waals surface area contributed by atoms with Crippen LogP contribution in [0.2, 0.25) is 0 Å². The molecule has 5 aromatic rings. The molecule has 3 aromatic carbocycles.